The number of aliphatic carboxylic acids is 1. The second-order valence-corrected chi connectivity index (χ2v) is 5.32. The molecule has 1 saturated carbocycles. The van der Waals surface area contributed by atoms with Gasteiger partial charge in [-0.15, -0.1) is 0 Å². The Morgan fingerprint density at radius 1 is 1.53 bits per heavy atom. The molecule has 7 heteroatoms. The van der Waals surface area contributed by atoms with Crippen LogP contribution in [-0.2, 0) is 14.8 Å². The molecule has 6 nitrogen and oxygen atoms in total. The summed E-state index contributed by atoms with van der Waals surface area (Å²) in [5.41, 5.74) is 0. The van der Waals surface area contributed by atoms with Crippen LogP contribution in [0.3, 0.4) is 0 Å². The van der Waals surface area contributed by atoms with Gasteiger partial charge in [-0.05, 0) is 12.8 Å². The molecule has 0 bridgehead atoms. The summed E-state index contributed by atoms with van der Waals surface area (Å²) >= 11 is 0. The lowest BCUT2D eigenvalue weighted by atomic mass is 10.4. The van der Waals surface area contributed by atoms with Crippen LogP contribution in [0.1, 0.15) is 19.3 Å². The predicted molar refractivity (Wildman–Crippen MR) is 51.4 cm³/mol. The highest BCUT2D eigenvalue weighted by Crippen LogP contribution is 2.29. The van der Waals surface area contributed by atoms with E-state index in [1.54, 1.807) is 6.07 Å². The summed E-state index contributed by atoms with van der Waals surface area (Å²) in [7, 11) is -3.60. The van der Waals surface area contributed by atoms with Crippen LogP contribution in [0, 0.1) is 11.3 Å². The number of nitriles is 1. The second-order valence-electron chi connectivity index (χ2n) is 3.40. The summed E-state index contributed by atoms with van der Waals surface area (Å²) in [5.74, 6) is -1.61. The average molecular weight is 232 g/mol. The third-order valence-electron chi connectivity index (χ3n) is 2.10. The molecule has 0 saturated heterocycles. The van der Waals surface area contributed by atoms with Crippen molar-refractivity contribution in [3.8, 4) is 6.07 Å². The quantitative estimate of drug-likeness (QED) is 0.682. The lowest BCUT2D eigenvalue weighted by Gasteiger charge is -2.19. The first-order valence-corrected chi connectivity index (χ1v) is 6.16. The molecule has 1 aliphatic rings. The Morgan fingerprint density at radius 2 is 2.13 bits per heavy atom. The number of nitrogens with zero attached hydrogens (tertiary/aromatic N) is 2. The van der Waals surface area contributed by atoms with Gasteiger partial charge in [0.25, 0.3) is 0 Å². The van der Waals surface area contributed by atoms with Crippen molar-refractivity contribution in [3.05, 3.63) is 0 Å². The number of sulfonamides is 1. The topological polar surface area (TPSA) is 98.5 Å². The zero-order chi connectivity index (χ0) is 11.5. The lowest BCUT2D eigenvalue weighted by Crippen LogP contribution is -2.36. The predicted octanol–water partition coefficient (Wildman–Crippen LogP) is -0.221. The highest BCUT2D eigenvalue weighted by molar-refractivity contribution is 7.89. The molecule has 0 aromatic heterocycles. The minimum atomic E-state index is -3.60. The molecule has 1 aliphatic carbocycles. The van der Waals surface area contributed by atoms with E-state index in [1.165, 1.54) is 0 Å². The van der Waals surface area contributed by atoms with E-state index >= 15 is 0 Å². The first-order chi connectivity index (χ1) is 6.97. The number of hydrogen-bond acceptors (Lipinski definition) is 4. The van der Waals surface area contributed by atoms with Gasteiger partial charge in [0, 0.05) is 12.6 Å². The number of carboxylic acid groups (broad SMARTS) is 1. The third-order valence-corrected chi connectivity index (χ3v) is 3.79. The molecule has 1 rings (SSSR count). The van der Waals surface area contributed by atoms with Crippen LogP contribution in [0.4, 0.5) is 0 Å². The van der Waals surface area contributed by atoms with Gasteiger partial charge in [-0.3, -0.25) is 4.79 Å². The molecule has 0 aromatic carbocycles. The van der Waals surface area contributed by atoms with Gasteiger partial charge in [0.05, 0.1) is 12.5 Å². The van der Waals surface area contributed by atoms with Gasteiger partial charge in [-0.1, -0.05) is 0 Å². The molecule has 0 aromatic rings. The summed E-state index contributed by atoms with van der Waals surface area (Å²) in [6, 6.07) is 1.49. The maximum absolute atomic E-state index is 11.5. The Balaban J connectivity index is 2.66. The second kappa shape index (κ2) is 4.59. The van der Waals surface area contributed by atoms with E-state index in [0.717, 1.165) is 17.1 Å². The van der Waals surface area contributed by atoms with E-state index in [1.807, 2.05) is 0 Å². The molecule has 0 amide bonds. The van der Waals surface area contributed by atoms with Gasteiger partial charge in [-0.25, -0.2) is 8.42 Å². The molecule has 0 heterocycles. The first kappa shape index (κ1) is 11.9. The zero-order valence-corrected chi connectivity index (χ0v) is 8.90. The van der Waals surface area contributed by atoms with E-state index in [-0.39, 0.29) is 19.0 Å². The van der Waals surface area contributed by atoms with Crippen molar-refractivity contribution in [2.45, 2.75) is 25.3 Å². The van der Waals surface area contributed by atoms with Gasteiger partial charge in [0.15, 0.2) is 5.75 Å². The molecule has 0 unspecified atom stereocenters. The largest absolute Gasteiger partial charge is 0.481 e. The highest BCUT2D eigenvalue weighted by atomic mass is 32.2. The summed E-state index contributed by atoms with van der Waals surface area (Å²) < 4.78 is 24.2. The minimum absolute atomic E-state index is 0.0377. The van der Waals surface area contributed by atoms with Crippen LogP contribution in [0.25, 0.3) is 0 Å². The fraction of sp³-hybridized carbons (Fsp3) is 0.750. The average Bonchev–Trinajstić information content (AvgIpc) is 2.87. The fourth-order valence-electron chi connectivity index (χ4n) is 1.28. The third kappa shape index (κ3) is 3.49. The van der Waals surface area contributed by atoms with E-state index in [4.69, 9.17) is 10.4 Å². The zero-order valence-electron chi connectivity index (χ0n) is 8.09. The van der Waals surface area contributed by atoms with Crippen LogP contribution < -0.4 is 0 Å². The van der Waals surface area contributed by atoms with E-state index < -0.39 is 21.7 Å². The molecule has 1 fully saturated rings. The SMILES string of the molecule is N#CCS(=O)(=O)N(CCC(=O)O)C1CC1. The molecule has 0 spiro atoms. The Bertz CT molecular complexity index is 380. The number of carbonyl (C=O) groups is 1. The molecular formula is C8H12N2O4S. The van der Waals surface area contributed by atoms with Crippen LogP contribution in [0.2, 0.25) is 0 Å². The van der Waals surface area contributed by atoms with Gasteiger partial charge in [0.1, 0.15) is 0 Å². The van der Waals surface area contributed by atoms with Crippen LogP contribution in [0.15, 0.2) is 0 Å². The maximum Gasteiger partial charge on any atom is 0.304 e. The highest BCUT2D eigenvalue weighted by Gasteiger charge is 2.36. The lowest BCUT2D eigenvalue weighted by molar-refractivity contribution is -0.137. The molecule has 0 radical (unpaired) electrons. The molecule has 1 N–H and O–H groups in total. The van der Waals surface area contributed by atoms with E-state index in [0.29, 0.717) is 0 Å². The number of rotatable bonds is 6. The Kier molecular flexibility index (Phi) is 3.66. The summed E-state index contributed by atoms with van der Waals surface area (Å²) in [6.45, 7) is -0.0377. The summed E-state index contributed by atoms with van der Waals surface area (Å²) in [4.78, 5) is 10.3. The van der Waals surface area contributed by atoms with Crippen molar-refractivity contribution in [2.24, 2.45) is 0 Å². The first-order valence-electron chi connectivity index (χ1n) is 4.55. The standard InChI is InChI=1S/C8H12N2O4S/c9-4-6-15(13,14)10(7-1-2-7)5-3-8(11)12/h7H,1-3,5-6H2,(H,11,12). The smallest absolute Gasteiger partial charge is 0.304 e. The molecule has 84 valence electrons. The maximum atomic E-state index is 11.5. The van der Waals surface area contributed by atoms with Crippen LogP contribution in [-0.4, -0.2) is 42.1 Å². The normalized spacial score (nSPS) is 16.3. The van der Waals surface area contributed by atoms with E-state index in [9.17, 15) is 13.2 Å². The van der Waals surface area contributed by atoms with Crippen molar-refractivity contribution in [3.63, 3.8) is 0 Å². The molecule has 15 heavy (non-hydrogen) atoms. The number of carboxylic acids is 1. The van der Waals surface area contributed by atoms with Gasteiger partial charge >= 0.3 is 5.97 Å². The van der Waals surface area contributed by atoms with Crippen molar-refractivity contribution >= 4 is 16.0 Å². The van der Waals surface area contributed by atoms with Gasteiger partial charge in [-0.2, -0.15) is 9.57 Å². The molecular weight excluding hydrogens is 220 g/mol. The van der Waals surface area contributed by atoms with Crippen LogP contribution in [0.5, 0.6) is 0 Å². The Hall–Kier alpha value is -1.13. The van der Waals surface area contributed by atoms with Crippen molar-refractivity contribution in [1.82, 2.24) is 4.31 Å². The van der Waals surface area contributed by atoms with Crippen molar-refractivity contribution in [1.29, 1.82) is 5.26 Å². The number of hydrogen-bond donors (Lipinski definition) is 1. The van der Waals surface area contributed by atoms with E-state index in [2.05, 4.69) is 0 Å². The van der Waals surface area contributed by atoms with Gasteiger partial charge in [0.2, 0.25) is 10.0 Å². The minimum Gasteiger partial charge on any atom is -0.481 e. The molecule has 0 atom stereocenters. The van der Waals surface area contributed by atoms with Gasteiger partial charge < -0.3 is 5.11 Å². The fourth-order valence-corrected chi connectivity index (χ4v) is 2.65. The summed E-state index contributed by atoms with van der Waals surface area (Å²) in [6.07, 6.45) is 1.29. The summed E-state index contributed by atoms with van der Waals surface area (Å²) in [5, 5.41) is 16.8. The Labute approximate surface area is 88.2 Å². The van der Waals surface area contributed by atoms with Crippen molar-refractivity contribution < 1.29 is 18.3 Å². The monoisotopic (exact) mass is 232 g/mol. The van der Waals surface area contributed by atoms with Crippen LogP contribution >= 0.6 is 0 Å². The molecule has 0 aliphatic heterocycles. The Morgan fingerprint density at radius 3 is 2.53 bits per heavy atom. The van der Waals surface area contributed by atoms with Crippen molar-refractivity contribution in [2.75, 3.05) is 12.3 Å².